The molecule has 1 atom stereocenters. The summed E-state index contributed by atoms with van der Waals surface area (Å²) in [7, 11) is -3.28. The summed E-state index contributed by atoms with van der Waals surface area (Å²) in [6.45, 7) is 5.46. The average molecular weight is 366 g/mol. The Bertz CT molecular complexity index is 750. The van der Waals surface area contributed by atoms with Crippen LogP contribution in [0.2, 0.25) is 0 Å². The first kappa shape index (κ1) is 18.4. The summed E-state index contributed by atoms with van der Waals surface area (Å²) in [5.74, 6) is -0.894. The zero-order valence-electron chi connectivity index (χ0n) is 14.8. The number of hydrogen-bond acceptors (Lipinski definition) is 4. The quantitative estimate of drug-likeness (QED) is 0.833. The van der Waals surface area contributed by atoms with Crippen LogP contribution in [0.5, 0.6) is 0 Å². The Labute approximate surface area is 149 Å². The van der Waals surface area contributed by atoms with Crippen molar-refractivity contribution in [3.63, 3.8) is 0 Å². The fourth-order valence-corrected chi connectivity index (χ4v) is 5.93. The van der Waals surface area contributed by atoms with E-state index in [0.29, 0.717) is 32.6 Å². The number of aryl methyl sites for hydroxylation is 1. The van der Waals surface area contributed by atoms with E-state index in [9.17, 15) is 18.3 Å². The van der Waals surface area contributed by atoms with Crippen LogP contribution >= 0.6 is 0 Å². The highest BCUT2D eigenvalue weighted by atomic mass is 32.2. The lowest BCUT2D eigenvalue weighted by Gasteiger charge is -2.38. The third-order valence-corrected chi connectivity index (χ3v) is 8.41. The van der Waals surface area contributed by atoms with E-state index in [4.69, 9.17) is 0 Å². The molecule has 1 aliphatic heterocycles. The van der Waals surface area contributed by atoms with Gasteiger partial charge in [0, 0.05) is 26.2 Å². The highest BCUT2D eigenvalue weighted by molar-refractivity contribution is 7.90. The minimum absolute atomic E-state index is 0.361. The van der Waals surface area contributed by atoms with Crippen molar-refractivity contribution in [1.82, 2.24) is 9.21 Å². The molecule has 0 radical (unpaired) electrons. The van der Waals surface area contributed by atoms with Crippen LogP contribution in [0.1, 0.15) is 43.4 Å². The van der Waals surface area contributed by atoms with Crippen molar-refractivity contribution in [2.75, 3.05) is 26.2 Å². The Kier molecular flexibility index (Phi) is 4.92. The van der Waals surface area contributed by atoms with Crippen molar-refractivity contribution in [2.45, 2.75) is 43.9 Å². The molecule has 1 N–H and O–H groups in total. The number of benzene rings is 1. The van der Waals surface area contributed by atoms with Crippen LogP contribution in [0.25, 0.3) is 0 Å². The van der Waals surface area contributed by atoms with E-state index in [2.05, 4.69) is 0 Å². The molecule has 1 saturated carbocycles. The first-order valence-electron chi connectivity index (χ1n) is 8.84. The van der Waals surface area contributed by atoms with Crippen molar-refractivity contribution < 1.29 is 18.3 Å². The van der Waals surface area contributed by atoms with Gasteiger partial charge in [-0.05, 0) is 31.7 Å². The Hall–Kier alpha value is -1.44. The van der Waals surface area contributed by atoms with Gasteiger partial charge in [-0.25, -0.2) is 8.42 Å². The van der Waals surface area contributed by atoms with Gasteiger partial charge < -0.3 is 5.11 Å². The first-order chi connectivity index (χ1) is 11.8. The second-order valence-electron chi connectivity index (χ2n) is 7.13. The third-order valence-electron chi connectivity index (χ3n) is 5.57. The Morgan fingerprint density at radius 1 is 1.24 bits per heavy atom. The second-order valence-corrected chi connectivity index (χ2v) is 9.46. The maximum atomic E-state index is 12.8. The van der Waals surface area contributed by atoms with Gasteiger partial charge in [0.05, 0.1) is 4.75 Å². The van der Waals surface area contributed by atoms with E-state index in [1.807, 2.05) is 43.0 Å². The third kappa shape index (κ3) is 3.32. The van der Waals surface area contributed by atoms with Crippen molar-refractivity contribution in [3.8, 4) is 0 Å². The normalized spacial score (nSPS) is 22.5. The number of carbonyl (C=O) groups is 1. The smallest absolute Gasteiger partial charge is 0.325 e. The van der Waals surface area contributed by atoms with Gasteiger partial charge in [-0.2, -0.15) is 4.31 Å². The number of piperazine rings is 1. The summed E-state index contributed by atoms with van der Waals surface area (Å²) in [6.07, 6.45) is 2.14. The minimum Gasteiger partial charge on any atom is -0.480 e. The molecule has 2 fully saturated rings. The number of nitrogens with zero attached hydrogens (tertiary/aromatic N) is 2. The van der Waals surface area contributed by atoms with Gasteiger partial charge in [0.1, 0.15) is 6.04 Å². The summed E-state index contributed by atoms with van der Waals surface area (Å²) >= 11 is 0. The highest BCUT2D eigenvalue weighted by Gasteiger charge is 2.55. The van der Waals surface area contributed by atoms with Crippen LogP contribution in [0.15, 0.2) is 24.3 Å². The fourth-order valence-electron chi connectivity index (χ4n) is 3.76. The van der Waals surface area contributed by atoms with Crippen LogP contribution in [-0.4, -0.2) is 59.6 Å². The monoisotopic (exact) mass is 366 g/mol. The zero-order chi connectivity index (χ0) is 18.2. The molecular weight excluding hydrogens is 340 g/mol. The summed E-state index contributed by atoms with van der Waals surface area (Å²) in [5.41, 5.74) is 1.76. The lowest BCUT2D eigenvalue weighted by Crippen LogP contribution is -2.53. The maximum absolute atomic E-state index is 12.8. The largest absolute Gasteiger partial charge is 0.480 e. The molecule has 25 heavy (non-hydrogen) atoms. The summed E-state index contributed by atoms with van der Waals surface area (Å²) < 4.78 is 26.6. The number of aliphatic carboxylic acids is 1. The number of carboxylic acids is 1. The van der Waals surface area contributed by atoms with Crippen molar-refractivity contribution in [1.29, 1.82) is 0 Å². The average Bonchev–Trinajstić information content (AvgIpc) is 3.37. The lowest BCUT2D eigenvalue weighted by molar-refractivity contribution is -0.144. The Morgan fingerprint density at radius 2 is 1.88 bits per heavy atom. The van der Waals surface area contributed by atoms with Crippen LogP contribution in [0, 0.1) is 6.92 Å². The molecule has 1 aromatic rings. The van der Waals surface area contributed by atoms with Gasteiger partial charge in [0.2, 0.25) is 10.0 Å². The molecule has 6 nitrogen and oxygen atoms in total. The molecule has 1 aromatic carbocycles. The lowest BCUT2D eigenvalue weighted by atomic mass is 10.0. The van der Waals surface area contributed by atoms with Crippen LogP contribution < -0.4 is 0 Å². The molecule has 0 spiro atoms. The molecule has 0 amide bonds. The van der Waals surface area contributed by atoms with Gasteiger partial charge in [-0.3, -0.25) is 9.69 Å². The maximum Gasteiger partial charge on any atom is 0.325 e. The van der Waals surface area contributed by atoms with E-state index in [-0.39, 0.29) is 0 Å². The van der Waals surface area contributed by atoms with Gasteiger partial charge >= 0.3 is 5.97 Å². The molecule has 1 saturated heterocycles. The molecule has 7 heteroatoms. The van der Waals surface area contributed by atoms with Gasteiger partial charge in [-0.15, -0.1) is 0 Å². The predicted octanol–water partition coefficient (Wildman–Crippen LogP) is 2.01. The van der Waals surface area contributed by atoms with E-state index < -0.39 is 26.8 Å². The first-order valence-corrected chi connectivity index (χ1v) is 10.3. The minimum atomic E-state index is -3.28. The molecule has 1 unspecified atom stereocenters. The topological polar surface area (TPSA) is 77.9 Å². The standard InChI is InChI=1S/C18H26N2O4S/c1-3-18(7-8-18)25(23,24)20-11-9-19(10-12-20)16(17(21)22)15-6-4-5-14(2)13-15/h4-6,13,16H,3,7-12H2,1-2H3,(H,21,22). The Morgan fingerprint density at radius 3 is 2.36 bits per heavy atom. The molecule has 1 aliphatic carbocycles. The summed E-state index contributed by atoms with van der Waals surface area (Å²) in [4.78, 5) is 13.7. The molecule has 3 rings (SSSR count). The van der Waals surface area contributed by atoms with Crippen molar-refractivity contribution in [2.24, 2.45) is 0 Å². The molecule has 1 heterocycles. The van der Waals surface area contributed by atoms with E-state index in [0.717, 1.165) is 24.0 Å². The van der Waals surface area contributed by atoms with E-state index in [1.54, 1.807) is 4.31 Å². The van der Waals surface area contributed by atoms with Crippen LogP contribution in [0.4, 0.5) is 0 Å². The second kappa shape index (κ2) is 6.70. The molecule has 2 aliphatic rings. The van der Waals surface area contributed by atoms with Gasteiger partial charge in [0.15, 0.2) is 0 Å². The SMILES string of the molecule is CCC1(S(=O)(=O)N2CCN(C(C(=O)O)c3cccc(C)c3)CC2)CC1. The van der Waals surface area contributed by atoms with E-state index in [1.165, 1.54) is 0 Å². The number of rotatable bonds is 6. The molecular formula is C18H26N2O4S. The fraction of sp³-hybridized carbons (Fsp3) is 0.611. The highest BCUT2D eigenvalue weighted by Crippen LogP contribution is 2.48. The van der Waals surface area contributed by atoms with Crippen LogP contribution in [-0.2, 0) is 14.8 Å². The van der Waals surface area contributed by atoms with E-state index >= 15 is 0 Å². The Balaban J connectivity index is 1.73. The number of sulfonamides is 1. The number of hydrogen-bond donors (Lipinski definition) is 1. The summed E-state index contributed by atoms with van der Waals surface area (Å²) in [6, 6.07) is 6.78. The number of carboxylic acid groups (broad SMARTS) is 1. The molecule has 0 aromatic heterocycles. The van der Waals surface area contributed by atoms with Gasteiger partial charge in [-0.1, -0.05) is 36.8 Å². The summed E-state index contributed by atoms with van der Waals surface area (Å²) in [5, 5.41) is 9.70. The van der Waals surface area contributed by atoms with Crippen LogP contribution in [0.3, 0.4) is 0 Å². The molecule has 0 bridgehead atoms. The zero-order valence-corrected chi connectivity index (χ0v) is 15.6. The van der Waals surface area contributed by atoms with Crippen molar-refractivity contribution >= 4 is 16.0 Å². The van der Waals surface area contributed by atoms with Crippen molar-refractivity contribution in [3.05, 3.63) is 35.4 Å². The predicted molar refractivity (Wildman–Crippen MR) is 95.9 cm³/mol. The molecule has 138 valence electrons. The van der Waals surface area contributed by atoms with Gasteiger partial charge in [0.25, 0.3) is 0 Å².